The molecule has 19 heavy (non-hydrogen) atoms. The van der Waals surface area contributed by atoms with Gasteiger partial charge in [-0.05, 0) is 23.9 Å². The van der Waals surface area contributed by atoms with Crippen LogP contribution in [0, 0.1) is 11.3 Å². The van der Waals surface area contributed by atoms with E-state index in [1.54, 1.807) is 6.07 Å². The van der Waals surface area contributed by atoms with Crippen LogP contribution in [0.15, 0.2) is 17.0 Å². The molecule has 8 heteroatoms. The Bertz CT molecular complexity index is 537. The number of nitrogens with zero attached hydrogens (tertiary/aromatic N) is 1. The van der Waals surface area contributed by atoms with E-state index in [-0.39, 0.29) is 16.9 Å². The molecule has 4 nitrogen and oxygen atoms in total. The predicted molar refractivity (Wildman–Crippen MR) is 61.0 cm³/mol. The van der Waals surface area contributed by atoms with Crippen LogP contribution in [0.3, 0.4) is 0 Å². The summed E-state index contributed by atoms with van der Waals surface area (Å²) in [6.07, 6.45) is 0. The number of thioether (sulfide) groups is 1. The molecule has 0 bridgehead atoms. The van der Waals surface area contributed by atoms with Gasteiger partial charge in [0, 0.05) is 0 Å². The van der Waals surface area contributed by atoms with E-state index >= 15 is 0 Å². The molecule has 1 rings (SSSR count). The average Bonchev–Trinajstić information content (AvgIpc) is 2.35. The molecule has 0 aliphatic heterocycles. The molecule has 0 aliphatic carbocycles. The van der Waals surface area contributed by atoms with Crippen molar-refractivity contribution in [1.82, 2.24) is 0 Å². The van der Waals surface area contributed by atoms with E-state index in [1.807, 2.05) is 0 Å². The summed E-state index contributed by atoms with van der Waals surface area (Å²) >= 11 is -0.552. The fourth-order valence-electron chi connectivity index (χ4n) is 1.33. The normalized spacial score (nSPS) is 10.7. The summed E-state index contributed by atoms with van der Waals surface area (Å²) in [6, 6.07) is 3.97. The molecule has 0 saturated heterocycles. The van der Waals surface area contributed by atoms with Crippen molar-refractivity contribution in [2.24, 2.45) is 0 Å². The number of nitriles is 1. The Hall–Kier alpha value is -1.88. The molecule has 102 valence electrons. The maximum Gasteiger partial charge on any atom is 0.446 e. The topological polar surface area (TPSA) is 59.3 Å². The highest BCUT2D eigenvalue weighted by molar-refractivity contribution is 8.00. The molecular weight excluding hydrogens is 283 g/mol. The lowest BCUT2D eigenvalue weighted by molar-refractivity contribution is -0.0328. The summed E-state index contributed by atoms with van der Waals surface area (Å²) in [5, 5.41) is 8.94. The number of methoxy groups -OCH3 is 2. The largest absolute Gasteiger partial charge is 0.495 e. The van der Waals surface area contributed by atoms with Crippen molar-refractivity contribution in [2.75, 3.05) is 14.2 Å². The van der Waals surface area contributed by atoms with Gasteiger partial charge in [-0.15, -0.1) is 0 Å². The van der Waals surface area contributed by atoms with E-state index < -0.39 is 28.1 Å². The Labute approximate surface area is 111 Å². The van der Waals surface area contributed by atoms with Gasteiger partial charge in [0.25, 0.3) is 0 Å². The molecule has 0 unspecified atom stereocenters. The quantitative estimate of drug-likeness (QED) is 0.633. The first kappa shape index (κ1) is 15.2. The molecule has 0 spiro atoms. The molecule has 0 N–H and O–H groups in total. The maximum absolute atomic E-state index is 12.5. The molecule has 0 aromatic heterocycles. The van der Waals surface area contributed by atoms with Gasteiger partial charge in [0.1, 0.15) is 17.4 Å². The van der Waals surface area contributed by atoms with Crippen molar-refractivity contribution in [3.63, 3.8) is 0 Å². The lowest BCUT2D eigenvalue weighted by atomic mass is 10.1. The fraction of sp³-hybridized carbons (Fsp3) is 0.273. The first-order valence-electron chi connectivity index (χ1n) is 4.79. The van der Waals surface area contributed by atoms with E-state index in [4.69, 9.17) is 10.00 Å². The average molecular weight is 291 g/mol. The Morgan fingerprint density at radius 2 is 2.00 bits per heavy atom. The first-order valence-corrected chi connectivity index (χ1v) is 5.60. The third-order valence-corrected chi connectivity index (χ3v) is 2.93. The summed E-state index contributed by atoms with van der Waals surface area (Å²) in [7, 11) is 2.26. The van der Waals surface area contributed by atoms with Crippen LogP contribution in [0.5, 0.6) is 5.75 Å². The molecule has 0 atom stereocenters. The van der Waals surface area contributed by atoms with Gasteiger partial charge in [-0.3, -0.25) is 0 Å². The number of rotatable bonds is 3. The standard InChI is InChI=1S/C11H8F3NO3S/c1-17-8-4-3-6(10(16)18-2)9(7(8)5-15)19-11(12,13)14/h3-4H,1-2H3. The van der Waals surface area contributed by atoms with Gasteiger partial charge in [0.15, 0.2) is 0 Å². The molecule has 0 radical (unpaired) electrons. The molecule has 0 fully saturated rings. The van der Waals surface area contributed by atoms with Crippen LogP contribution in [0.1, 0.15) is 15.9 Å². The number of benzene rings is 1. The smallest absolute Gasteiger partial charge is 0.446 e. The van der Waals surface area contributed by atoms with Gasteiger partial charge < -0.3 is 9.47 Å². The zero-order valence-electron chi connectivity index (χ0n) is 9.87. The lowest BCUT2D eigenvalue weighted by Crippen LogP contribution is -2.09. The Morgan fingerprint density at radius 1 is 1.37 bits per heavy atom. The summed E-state index contributed by atoms with van der Waals surface area (Å²) < 4.78 is 46.7. The maximum atomic E-state index is 12.5. The summed E-state index contributed by atoms with van der Waals surface area (Å²) in [5.74, 6) is -0.993. The molecule has 1 aromatic rings. The van der Waals surface area contributed by atoms with Crippen molar-refractivity contribution in [3.8, 4) is 11.8 Å². The number of ether oxygens (including phenoxy) is 2. The second-order valence-electron chi connectivity index (χ2n) is 3.17. The Kier molecular flexibility index (Phi) is 4.67. The van der Waals surface area contributed by atoms with Crippen LogP contribution in [0.4, 0.5) is 13.2 Å². The fourth-order valence-corrected chi connectivity index (χ4v) is 2.07. The highest BCUT2D eigenvalue weighted by atomic mass is 32.2. The Morgan fingerprint density at radius 3 is 2.42 bits per heavy atom. The summed E-state index contributed by atoms with van der Waals surface area (Å²) in [6.45, 7) is 0. The monoisotopic (exact) mass is 291 g/mol. The predicted octanol–water partition coefficient (Wildman–Crippen LogP) is 2.97. The van der Waals surface area contributed by atoms with Crippen LogP contribution in [0.25, 0.3) is 0 Å². The van der Waals surface area contributed by atoms with Gasteiger partial charge in [-0.25, -0.2) is 4.79 Å². The van der Waals surface area contributed by atoms with Crippen molar-refractivity contribution in [1.29, 1.82) is 5.26 Å². The zero-order chi connectivity index (χ0) is 14.6. The van der Waals surface area contributed by atoms with Crippen LogP contribution < -0.4 is 4.74 Å². The van der Waals surface area contributed by atoms with E-state index in [2.05, 4.69) is 4.74 Å². The van der Waals surface area contributed by atoms with Crippen molar-refractivity contribution >= 4 is 17.7 Å². The lowest BCUT2D eigenvalue weighted by Gasteiger charge is -2.13. The van der Waals surface area contributed by atoms with Gasteiger partial charge >= 0.3 is 11.5 Å². The third kappa shape index (κ3) is 3.54. The first-order chi connectivity index (χ1) is 8.84. The van der Waals surface area contributed by atoms with E-state index in [9.17, 15) is 18.0 Å². The number of halogens is 3. The van der Waals surface area contributed by atoms with Crippen molar-refractivity contribution in [2.45, 2.75) is 10.4 Å². The van der Waals surface area contributed by atoms with Crippen molar-refractivity contribution < 1.29 is 27.4 Å². The molecule has 0 aliphatic rings. The number of alkyl halides is 3. The van der Waals surface area contributed by atoms with E-state index in [1.165, 1.54) is 13.2 Å². The number of esters is 1. The van der Waals surface area contributed by atoms with Crippen LogP contribution >= 0.6 is 11.8 Å². The highest BCUT2D eigenvalue weighted by Crippen LogP contribution is 2.42. The molecular formula is C11H8F3NO3S. The minimum Gasteiger partial charge on any atom is -0.495 e. The number of carbonyl (C=O) groups excluding carboxylic acids is 1. The van der Waals surface area contributed by atoms with Gasteiger partial charge in [0.2, 0.25) is 0 Å². The second kappa shape index (κ2) is 5.84. The molecule has 0 saturated carbocycles. The third-order valence-electron chi connectivity index (χ3n) is 2.07. The Balaban J connectivity index is 3.50. The summed E-state index contributed by atoms with van der Waals surface area (Å²) in [5.41, 5.74) is -5.32. The molecule has 0 heterocycles. The van der Waals surface area contributed by atoms with Crippen molar-refractivity contribution in [3.05, 3.63) is 23.3 Å². The molecule has 1 aromatic carbocycles. The van der Waals surface area contributed by atoms with E-state index in [0.29, 0.717) is 0 Å². The number of carbonyl (C=O) groups is 1. The minimum atomic E-state index is -4.64. The van der Waals surface area contributed by atoms with Crippen LogP contribution in [-0.4, -0.2) is 25.7 Å². The summed E-state index contributed by atoms with van der Waals surface area (Å²) in [4.78, 5) is 10.9. The SMILES string of the molecule is COC(=O)c1ccc(OC)c(C#N)c1SC(F)(F)F. The molecule has 0 amide bonds. The number of hydrogen-bond acceptors (Lipinski definition) is 5. The van der Waals surface area contributed by atoms with Crippen LogP contribution in [-0.2, 0) is 4.74 Å². The second-order valence-corrected chi connectivity index (χ2v) is 4.25. The van der Waals surface area contributed by atoms with Crippen LogP contribution in [0.2, 0.25) is 0 Å². The zero-order valence-corrected chi connectivity index (χ0v) is 10.7. The van der Waals surface area contributed by atoms with Gasteiger partial charge in [-0.1, -0.05) is 0 Å². The van der Waals surface area contributed by atoms with E-state index in [0.717, 1.165) is 13.2 Å². The minimum absolute atomic E-state index is 0.0399. The van der Waals surface area contributed by atoms with Gasteiger partial charge in [-0.2, -0.15) is 18.4 Å². The highest BCUT2D eigenvalue weighted by Gasteiger charge is 2.34. The van der Waals surface area contributed by atoms with Gasteiger partial charge in [0.05, 0.1) is 24.7 Å². The number of hydrogen-bond donors (Lipinski definition) is 0.